The van der Waals surface area contributed by atoms with Crippen LogP contribution in [0.25, 0.3) is 11.3 Å². The fourth-order valence-electron chi connectivity index (χ4n) is 4.89. The highest BCUT2D eigenvalue weighted by atomic mass is 19.1. The molecule has 1 amide bonds. The van der Waals surface area contributed by atoms with Crippen LogP contribution in [0, 0.1) is 11.6 Å². The molecule has 1 saturated heterocycles. The summed E-state index contributed by atoms with van der Waals surface area (Å²) < 4.78 is 36.0. The number of nitrogens with two attached hydrogens (primary N) is 1. The number of benzene rings is 1. The molecule has 2 aliphatic heterocycles. The summed E-state index contributed by atoms with van der Waals surface area (Å²) in [6.45, 7) is 3.20. The summed E-state index contributed by atoms with van der Waals surface area (Å²) in [5, 5.41) is 14.0. The Morgan fingerprint density at radius 3 is 2.67 bits per heavy atom. The van der Waals surface area contributed by atoms with E-state index in [0.29, 0.717) is 30.9 Å². The monoisotopic (exact) mass is 455 g/mol. The number of nitrogen functional groups attached to an aromatic ring is 1. The minimum atomic E-state index is -0.929. The Morgan fingerprint density at radius 1 is 1.24 bits per heavy atom. The van der Waals surface area contributed by atoms with Gasteiger partial charge in [-0.3, -0.25) is 4.68 Å². The molecule has 0 saturated carbocycles. The molecule has 3 aromatic rings. The number of hydrogen-bond donors (Lipinski definition) is 2. The van der Waals surface area contributed by atoms with Gasteiger partial charge in [0.1, 0.15) is 17.7 Å². The van der Waals surface area contributed by atoms with Crippen molar-refractivity contribution in [2.75, 3.05) is 18.8 Å². The second-order valence-electron chi connectivity index (χ2n) is 8.63. The lowest BCUT2D eigenvalue weighted by Crippen LogP contribution is -2.32. The first-order valence-corrected chi connectivity index (χ1v) is 10.7. The SMILES string of the molecule is CC(Oc1cc(-c2cc3n(n2)CC[C@@]32CCN(C(=O)O)C2)cnc1N)c1c(F)cccc1F. The summed E-state index contributed by atoms with van der Waals surface area (Å²) in [7, 11) is 0. The summed E-state index contributed by atoms with van der Waals surface area (Å²) >= 11 is 0. The normalized spacial score (nSPS) is 20.3. The minimum absolute atomic E-state index is 0.0958. The van der Waals surface area contributed by atoms with Gasteiger partial charge in [-0.25, -0.2) is 18.6 Å². The van der Waals surface area contributed by atoms with Crippen LogP contribution in [0.5, 0.6) is 5.75 Å². The molecule has 8 nitrogen and oxygen atoms in total. The van der Waals surface area contributed by atoms with E-state index in [4.69, 9.17) is 10.5 Å². The molecule has 3 N–H and O–H groups in total. The average Bonchev–Trinajstić information content (AvgIpc) is 3.46. The van der Waals surface area contributed by atoms with E-state index in [2.05, 4.69) is 10.1 Å². The van der Waals surface area contributed by atoms with Crippen LogP contribution in [0.15, 0.2) is 36.5 Å². The van der Waals surface area contributed by atoms with Gasteiger partial charge < -0.3 is 20.5 Å². The van der Waals surface area contributed by atoms with Crippen molar-refractivity contribution in [3.05, 3.63) is 59.4 Å². The molecule has 172 valence electrons. The zero-order valence-corrected chi connectivity index (χ0v) is 18.0. The Labute approximate surface area is 188 Å². The molecule has 33 heavy (non-hydrogen) atoms. The van der Waals surface area contributed by atoms with Crippen molar-refractivity contribution in [3.63, 3.8) is 0 Å². The maximum Gasteiger partial charge on any atom is 0.407 e. The Hall–Kier alpha value is -3.69. The highest BCUT2D eigenvalue weighted by molar-refractivity contribution is 5.67. The zero-order valence-electron chi connectivity index (χ0n) is 18.0. The van der Waals surface area contributed by atoms with Crippen LogP contribution in [0.3, 0.4) is 0 Å². The largest absolute Gasteiger partial charge is 0.482 e. The van der Waals surface area contributed by atoms with Gasteiger partial charge in [-0.2, -0.15) is 5.10 Å². The van der Waals surface area contributed by atoms with Crippen molar-refractivity contribution >= 4 is 11.9 Å². The number of pyridine rings is 1. The Balaban J connectivity index is 1.43. The number of amides is 1. The van der Waals surface area contributed by atoms with Gasteiger partial charge in [-0.05, 0) is 44.0 Å². The number of rotatable bonds is 4. The maximum absolute atomic E-state index is 14.1. The molecule has 5 rings (SSSR count). The van der Waals surface area contributed by atoms with Gasteiger partial charge >= 0.3 is 6.09 Å². The van der Waals surface area contributed by atoms with E-state index in [-0.39, 0.29) is 22.5 Å². The van der Waals surface area contributed by atoms with Gasteiger partial charge in [0.2, 0.25) is 0 Å². The number of nitrogens with zero attached hydrogens (tertiary/aromatic N) is 4. The van der Waals surface area contributed by atoms with E-state index >= 15 is 0 Å². The number of carboxylic acid groups (broad SMARTS) is 1. The van der Waals surface area contributed by atoms with Crippen molar-refractivity contribution in [2.24, 2.45) is 0 Å². The van der Waals surface area contributed by atoms with Crippen molar-refractivity contribution in [2.45, 2.75) is 37.8 Å². The number of aryl methyl sites for hydroxylation is 1. The lowest BCUT2D eigenvalue weighted by molar-refractivity contribution is 0.153. The molecule has 1 unspecified atom stereocenters. The topological polar surface area (TPSA) is 106 Å². The van der Waals surface area contributed by atoms with Crippen molar-refractivity contribution in [1.82, 2.24) is 19.7 Å². The number of carbonyl (C=O) groups is 1. The third-order valence-corrected chi connectivity index (χ3v) is 6.64. The van der Waals surface area contributed by atoms with E-state index in [1.165, 1.54) is 30.0 Å². The molecule has 1 spiro atoms. The van der Waals surface area contributed by atoms with Crippen LogP contribution in [0.1, 0.15) is 37.1 Å². The minimum Gasteiger partial charge on any atom is -0.482 e. The zero-order chi connectivity index (χ0) is 23.3. The Morgan fingerprint density at radius 2 is 1.97 bits per heavy atom. The van der Waals surface area contributed by atoms with Crippen molar-refractivity contribution in [3.8, 4) is 17.0 Å². The van der Waals surface area contributed by atoms with E-state index in [9.17, 15) is 18.7 Å². The van der Waals surface area contributed by atoms with E-state index in [1.54, 1.807) is 12.3 Å². The third kappa shape index (κ3) is 3.55. The Kier molecular flexibility index (Phi) is 4.95. The Bertz CT molecular complexity index is 1230. The summed E-state index contributed by atoms with van der Waals surface area (Å²) in [5.41, 5.74) is 7.85. The summed E-state index contributed by atoms with van der Waals surface area (Å²) in [6.07, 6.45) is 1.33. The summed E-state index contributed by atoms with van der Waals surface area (Å²) in [5.74, 6) is -1.11. The average molecular weight is 455 g/mol. The predicted octanol–water partition coefficient (Wildman–Crippen LogP) is 3.97. The molecular weight excluding hydrogens is 432 g/mol. The molecule has 0 bridgehead atoms. The van der Waals surface area contributed by atoms with Crippen LogP contribution in [0.4, 0.5) is 19.4 Å². The number of halogens is 2. The van der Waals surface area contributed by atoms with E-state index in [1.807, 2.05) is 10.7 Å². The van der Waals surface area contributed by atoms with E-state index < -0.39 is 23.8 Å². The summed E-state index contributed by atoms with van der Waals surface area (Å²) in [4.78, 5) is 17.0. The van der Waals surface area contributed by atoms with Gasteiger partial charge in [-0.1, -0.05) is 6.07 Å². The number of fused-ring (bicyclic) bond motifs is 2. The molecule has 0 radical (unpaired) electrons. The standard InChI is InChI=1S/C23H23F2N5O3/c1-13(20-15(24)3-2-4-16(20)25)33-18-9-14(11-27-21(18)26)17-10-19-23(6-8-30(19)28-17)5-7-29(12-23)22(31)32/h2-4,9-11,13H,5-8,12H2,1H3,(H2,26,27)(H,31,32)/t13?,23-/m1/s1. The fourth-order valence-corrected chi connectivity index (χ4v) is 4.89. The van der Waals surface area contributed by atoms with Crippen LogP contribution in [-0.2, 0) is 12.0 Å². The van der Waals surface area contributed by atoms with Gasteiger partial charge in [0.05, 0.1) is 11.3 Å². The lowest BCUT2D eigenvalue weighted by atomic mass is 9.82. The molecule has 0 aliphatic carbocycles. The van der Waals surface area contributed by atoms with Crippen LogP contribution >= 0.6 is 0 Å². The van der Waals surface area contributed by atoms with Crippen LogP contribution in [0.2, 0.25) is 0 Å². The van der Waals surface area contributed by atoms with Gasteiger partial charge in [0.25, 0.3) is 0 Å². The maximum atomic E-state index is 14.1. The summed E-state index contributed by atoms with van der Waals surface area (Å²) in [6, 6.07) is 7.25. The number of aromatic nitrogens is 3. The molecule has 2 aliphatic rings. The number of anilines is 1. The van der Waals surface area contributed by atoms with Crippen molar-refractivity contribution < 1.29 is 23.4 Å². The van der Waals surface area contributed by atoms with Gasteiger partial charge in [-0.15, -0.1) is 0 Å². The number of ether oxygens (including phenoxy) is 1. The second-order valence-corrected chi connectivity index (χ2v) is 8.63. The highest BCUT2D eigenvalue weighted by Gasteiger charge is 2.47. The molecular formula is C23H23F2N5O3. The third-order valence-electron chi connectivity index (χ3n) is 6.64. The molecule has 1 fully saturated rings. The first-order chi connectivity index (χ1) is 15.8. The van der Waals surface area contributed by atoms with E-state index in [0.717, 1.165) is 18.5 Å². The quantitative estimate of drug-likeness (QED) is 0.617. The smallest absolute Gasteiger partial charge is 0.407 e. The van der Waals surface area contributed by atoms with Gasteiger partial charge in [0.15, 0.2) is 11.6 Å². The second kappa shape index (κ2) is 7.72. The number of hydrogen-bond acceptors (Lipinski definition) is 5. The molecule has 4 heterocycles. The van der Waals surface area contributed by atoms with Crippen LogP contribution < -0.4 is 10.5 Å². The van der Waals surface area contributed by atoms with Gasteiger partial charge in [0, 0.05) is 42.5 Å². The highest BCUT2D eigenvalue weighted by Crippen LogP contribution is 2.44. The molecule has 2 atom stereocenters. The predicted molar refractivity (Wildman–Crippen MR) is 116 cm³/mol. The lowest BCUT2D eigenvalue weighted by Gasteiger charge is -2.22. The molecule has 10 heteroatoms. The first-order valence-electron chi connectivity index (χ1n) is 10.7. The number of likely N-dealkylation sites (tertiary alicyclic amines) is 1. The van der Waals surface area contributed by atoms with Crippen molar-refractivity contribution in [1.29, 1.82) is 0 Å². The molecule has 2 aromatic heterocycles. The fraction of sp³-hybridized carbons (Fsp3) is 0.348. The van der Waals surface area contributed by atoms with Crippen LogP contribution in [-0.4, -0.2) is 44.0 Å². The molecule has 1 aromatic carbocycles. The first kappa shape index (κ1) is 21.2.